The number of nitrogens with zero attached hydrogens (tertiary/aromatic N) is 2. The summed E-state index contributed by atoms with van der Waals surface area (Å²) in [5.74, 6) is 0.279. The van der Waals surface area contributed by atoms with Crippen molar-refractivity contribution in [1.82, 2.24) is 25.4 Å². The van der Waals surface area contributed by atoms with Gasteiger partial charge in [0.1, 0.15) is 5.69 Å². The molecule has 2 unspecified atom stereocenters. The van der Waals surface area contributed by atoms with Crippen LogP contribution in [-0.4, -0.2) is 52.9 Å². The second kappa shape index (κ2) is 6.73. The van der Waals surface area contributed by atoms with Gasteiger partial charge in [0.05, 0.1) is 19.3 Å². The summed E-state index contributed by atoms with van der Waals surface area (Å²) in [6.07, 6.45) is 1.89. The monoisotopic (exact) mass is 393 g/mol. The van der Waals surface area contributed by atoms with Gasteiger partial charge in [-0.25, -0.2) is 0 Å². The molecule has 1 aromatic carbocycles. The van der Waals surface area contributed by atoms with Gasteiger partial charge < -0.3 is 20.4 Å². The molecular formula is C21H23N5O3. The predicted octanol–water partition coefficient (Wildman–Crippen LogP) is 1.71. The van der Waals surface area contributed by atoms with E-state index in [-0.39, 0.29) is 29.6 Å². The smallest absolute Gasteiger partial charge is 0.271 e. The first-order valence-corrected chi connectivity index (χ1v) is 9.84. The number of rotatable bonds is 5. The van der Waals surface area contributed by atoms with Crippen LogP contribution in [0.5, 0.6) is 0 Å². The summed E-state index contributed by atoms with van der Waals surface area (Å²) in [6.45, 7) is 3.38. The van der Waals surface area contributed by atoms with Gasteiger partial charge in [0, 0.05) is 48.1 Å². The number of aromatic nitrogens is 3. The van der Waals surface area contributed by atoms with Crippen molar-refractivity contribution >= 4 is 22.7 Å². The SMILES string of the molecule is CNC(=O)c1cc(C(=O)NC2[C@H]3COC[C@@H]23)n(C(C)c2cccc3[nH]ccc23)n1. The molecule has 8 heteroatoms. The normalized spacial score (nSPS) is 23.6. The van der Waals surface area contributed by atoms with Gasteiger partial charge in [-0.1, -0.05) is 12.1 Å². The first-order chi connectivity index (χ1) is 14.1. The second-order valence-electron chi connectivity index (χ2n) is 7.77. The van der Waals surface area contributed by atoms with Crippen LogP contribution < -0.4 is 10.6 Å². The number of hydrogen-bond acceptors (Lipinski definition) is 4. The number of hydrogen-bond donors (Lipinski definition) is 3. The topological polar surface area (TPSA) is 101 Å². The minimum absolute atomic E-state index is 0.145. The summed E-state index contributed by atoms with van der Waals surface area (Å²) >= 11 is 0. The summed E-state index contributed by atoms with van der Waals surface area (Å²) in [6, 6.07) is 9.49. The summed E-state index contributed by atoms with van der Waals surface area (Å²) in [5.41, 5.74) is 2.66. The van der Waals surface area contributed by atoms with Gasteiger partial charge in [-0.3, -0.25) is 14.3 Å². The fourth-order valence-corrected chi connectivity index (χ4v) is 4.38. The molecule has 2 aromatic heterocycles. The van der Waals surface area contributed by atoms with Gasteiger partial charge in [0.2, 0.25) is 0 Å². The van der Waals surface area contributed by atoms with Crippen LogP contribution in [0.25, 0.3) is 10.9 Å². The average molecular weight is 393 g/mol. The number of fused-ring (bicyclic) bond motifs is 2. The van der Waals surface area contributed by atoms with Crippen LogP contribution in [0.4, 0.5) is 0 Å². The molecular weight excluding hydrogens is 370 g/mol. The molecule has 3 N–H and O–H groups in total. The molecule has 1 saturated carbocycles. The van der Waals surface area contributed by atoms with E-state index in [0.29, 0.717) is 30.7 Å². The molecule has 1 saturated heterocycles. The maximum atomic E-state index is 13.1. The van der Waals surface area contributed by atoms with E-state index in [4.69, 9.17) is 4.74 Å². The van der Waals surface area contributed by atoms with Crippen LogP contribution >= 0.6 is 0 Å². The first kappa shape index (κ1) is 17.9. The molecule has 2 aliphatic rings. The third kappa shape index (κ3) is 2.91. The Morgan fingerprint density at radius 3 is 2.79 bits per heavy atom. The molecule has 2 fully saturated rings. The number of aromatic amines is 1. The zero-order chi connectivity index (χ0) is 20.1. The molecule has 0 bridgehead atoms. The second-order valence-corrected chi connectivity index (χ2v) is 7.77. The van der Waals surface area contributed by atoms with Crippen LogP contribution in [0.3, 0.4) is 0 Å². The number of H-pyrrole nitrogens is 1. The van der Waals surface area contributed by atoms with E-state index in [1.165, 1.54) is 0 Å². The van der Waals surface area contributed by atoms with Gasteiger partial charge in [-0.2, -0.15) is 5.10 Å². The molecule has 0 radical (unpaired) electrons. The molecule has 29 heavy (non-hydrogen) atoms. The van der Waals surface area contributed by atoms with Crippen molar-refractivity contribution in [2.45, 2.75) is 19.0 Å². The number of carbonyl (C=O) groups excluding carboxylic acids is 2. The highest BCUT2D eigenvalue weighted by Crippen LogP contribution is 2.44. The maximum absolute atomic E-state index is 13.1. The molecule has 8 nitrogen and oxygen atoms in total. The maximum Gasteiger partial charge on any atom is 0.271 e. The minimum Gasteiger partial charge on any atom is -0.381 e. The Morgan fingerprint density at radius 1 is 1.24 bits per heavy atom. The molecule has 5 rings (SSSR count). The standard InChI is InChI=1S/C21H23N5O3/c1-11(12-4-3-5-16-13(12)6-7-23-16)26-18(8-17(25-26)20(27)22-2)21(28)24-19-14-9-29-10-15(14)19/h3-8,11,14-15,19,23H,9-10H2,1-2H3,(H,22,27)(H,24,28)/t11?,14-,15+,19?. The van der Waals surface area contributed by atoms with Crippen molar-refractivity contribution < 1.29 is 14.3 Å². The Balaban J connectivity index is 1.50. The Hall–Kier alpha value is -3.13. The molecule has 3 aromatic rings. The lowest BCUT2D eigenvalue weighted by atomic mass is 10.0. The van der Waals surface area contributed by atoms with Crippen molar-refractivity contribution in [3.63, 3.8) is 0 Å². The number of ether oxygens (including phenoxy) is 1. The third-order valence-electron chi connectivity index (χ3n) is 6.12. The van der Waals surface area contributed by atoms with E-state index in [2.05, 4.69) is 20.7 Å². The van der Waals surface area contributed by atoms with Crippen molar-refractivity contribution in [2.24, 2.45) is 11.8 Å². The molecule has 1 aliphatic heterocycles. The fraction of sp³-hybridized carbons (Fsp3) is 0.381. The minimum atomic E-state index is -0.318. The summed E-state index contributed by atoms with van der Waals surface area (Å²) in [5, 5.41) is 11.2. The fourth-order valence-electron chi connectivity index (χ4n) is 4.38. The molecule has 0 spiro atoms. The van der Waals surface area contributed by atoms with E-state index in [1.807, 2.05) is 37.4 Å². The zero-order valence-corrected chi connectivity index (χ0v) is 16.3. The predicted molar refractivity (Wildman–Crippen MR) is 107 cm³/mol. The van der Waals surface area contributed by atoms with Crippen molar-refractivity contribution in [3.05, 3.63) is 53.5 Å². The van der Waals surface area contributed by atoms with Crippen molar-refractivity contribution in [2.75, 3.05) is 20.3 Å². The zero-order valence-electron chi connectivity index (χ0n) is 16.3. The van der Waals surface area contributed by atoms with Crippen LogP contribution in [0.1, 0.15) is 39.5 Å². The highest BCUT2D eigenvalue weighted by atomic mass is 16.5. The molecule has 150 valence electrons. The lowest BCUT2D eigenvalue weighted by molar-refractivity contribution is 0.0915. The number of nitrogens with one attached hydrogen (secondary N) is 3. The van der Waals surface area contributed by atoms with E-state index in [1.54, 1.807) is 17.8 Å². The van der Waals surface area contributed by atoms with E-state index < -0.39 is 0 Å². The Morgan fingerprint density at radius 2 is 2.03 bits per heavy atom. The summed E-state index contributed by atoms with van der Waals surface area (Å²) in [4.78, 5) is 28.5. The van der Waals surface area contributed by atoms with Gasteiger partial charge in [0.15, 0.2) is 5.69 Å². The largest absolute Gasteiger partial charge is 0.381 e. The molecule has 3 heterocycles. The van der Waals surface area contributed by atoms with Crippen LogP contribution in [-0.2, 0) is 4.74 Å². The Labute approximate surface area is 167 Å². The number of benzene rings is 1. The number of carbonyl (C=O) groups is 2. The van der Waals surface area contributed by atoms with Gasteiger partial charge in [-0.05, 0) is 24.6 Å². The molecule has 2 amide bonds. The highest BCUT2D eigenvalue weighted by Gasteiger charge is 2.55. The quantitative estimate of drug-likeness (QED) is 0.614. The first-order valence-electron chi connectivity index (χ1n) is 9.84. The lowest BCUT2D eigenvalue weighted by Gasteiger charge is -2.17. The van der Waals surface area contributed by atoms with Crippen LogP contribution in [0.15, 0.2) is 36.5 Å². The van der Waals surface area contributed by atoms with Crippen molar-refractivity contribution in [3.8, 4) is 0 Å². The van der Waals surface area contributed by atoms with Crippen molar-refractivity contribution in [1.29, 1.82) is 0 Å². The average Bonchev–Trinajstić information content (AvgIpc) is 3.27. The van der Waals surface area contributed by atoms with Gasteiger partial charge in [0.25, 0.3) is 11.8 Å². The third-order valence-corrected chi connectivity index (χ3v) is 6.12. The van der Waals surface area contributed by atoms with E-state index in [0.717, 1.165) is 16.5 Å². The number of amides is 2. The van der Waals surface area contributed by atoms with Crippen LogP contribution in [0.2, 0.25) is 0 Å². The lowest BCUT2D eigenvalue weighted by Crippen LogP contribution is -2.32. The summed E-state index contributed by atoms with van der Waals surface area (Å²) < 4.78 is 7.05. The highest BCUT2D eigenvalue weighted by molar-refractivity contribution is 5.98. The van der Waals surface area contributed by atoms with E-state index in [9.17, 15) is 9.59 Å². The van der Waals surface area contributed by atoms with Gasteiger partial charge >= 0.3 is 0 Å². The van der Waals surface area contributed by atoms with E-state index >= 15 is 0 Å². The molecule has 1 aliphatic carbocycles. The Bertz CT molecular complexity index is 1090. The van der Waals surface area contributed by atoms with Crippen LogP contribution in [0, 0.1) is 11.8 Å². The van der Waals surface area contributed by atoms with Gasteiger partial charge in [-0.15, -0.1) is 0 Å². The summed E-state index contributed by atoms with van der Waals surface area (Å²) in [7, 11) is 1.55. The molecule has 4 atom stereocenters. The Kier molecular flexibility index (Phi) is 4.16.